The molecular formula is C23H18N2. The number of rotatable bonds is 1. The predicted molar refractivity (Wildman–Crippen MR) is 103 cm³/mol. The topological polar surface area (TPSA) is 25.8 Å². The molecule has 0 spiro atoms. The van der Waals surface area contributed by atoms with Crippen molar-refractivity contribution >= 4 is 10.9 Å². The van der Waals surface area contributed by atoms with Crippen LogP contribution >= 0.6 is 0 Å². The third kappa shape index (κ3) is 2.04. The number of nitrogens with zero attached hydrogens (tertiary/aromatic N) is 2. The van der Waals surface area contributed by atoms with Crippen molar-refractivity contribution in [2.45, 2.75) is 19.3 Å². The minimum atomic E-state index is 0.0486. The highest BCUT2D eigenvalue weighted by atomic mass is 14.7. The first-order valence-corrected chi connectivity index (χ1v) is 8.60. The van der Waals surface area contributed by atoms with Crippen molar-refractivity contribution in [3.05, 3.63) is 84.2 Å². The maximum atomic E-state index is 4.82. The van der Waals surface area contributed by atoms with E-state index in [4.69, 9.17) is 4.98 Å². The SMILES string of the molecule is CC1(C)c2ccccc2-c2cc(-c3ccc4cnccc4n3)ccc21. The molecule has 2 heterocycles. The molecule has 0 atom stereocenters. The van der Waals surface area contributed by atoms with E-state index in [2.05, 4.69) is 73.4 Å². The van der Waals surface area contributed by atoms with Gasteiger partial charge in [-0.15, -0.1) is 0 Å². The van der Waals surface area contributed by atoms with Crippen LogP contribution in [0.4, 0.5) is 0 Å². The van der Waals surface area contributed by atoms with Crippen molar-refractivity contribution in [3.8, 4) is 22.4 Å². The second-order valence-corrected chi connectivity index (χ2v) is 7.20. The van der Waals surface area contributed by atoms with Crippen LogP contribution < -0.4 is 0 Å². The average molecular weight is 322 g/mol. The maximum absolute atomic E-state index is 4.82. The Kier molecular flexibility index (Phi) is 2.87. The highest BCUT2D eigenvalue weighted by Gasteiger charge is 2.35. The van der Waals surface area contributed by atoms with Crippen molar-refractivity contribution < 1.29 is 0 Å². The van der Waals surface area contributed by atoms with Crippen LogP contribution in [-0.4, -0.2) is 9.97 Å². The van der Waals surface area contributed by atoms with Gasteiger partial charge in [0.2, 0.25) is 0 Å². The number of aromatic nitrogens is 2. The maximum Gasteiger partial charge on any atom is 0.0740 e. The van der Waals surface area contributed by atoms with E-state index in [1.54, 1.807) is 6.20 Å². The zero-order valence-electron chi connectivity index (χ0n) is 14.3. The average Bonchev–Trinajstić information content (AvgIpc) is 2.89. The summed E-state index contributed by atoms with van der Waals surface area (Å²) in [5.41, 5.74) is 8.65. The van der Waals surface area contributed by atoms with Crippen LogP contribution in [0.2, 0.25) is 0 Å². The van der Waals surface area contributed by atoms with Crippen molar-refractivity contribution in [1.29, 1.82) is 0 Å². The summed E-state index contributed by atoms with van der Waals surface area (Å²) in [7, 11) is 0. The molecule has 25 heavy (non-hydrogen) atoms. The minimum absolute atomic E-state index is 0.0486. The lowest BCUT2D eigenvalue weighted by Gasteiger charge is -2.21. The number of fused-ring (bicyclic) bond motifs is 4. The number of benzene rings is 2. The third-order valence-corrected chi connectivity index (χ3v) is 5.37. The summed E-state index contributed by atoms with van der Waals surface area (Å²) in [6, 6.07) is 21.6. The molecule has 2 nitrogen and oxygen atoms in total. The van der Waals surface area contributed by atoms with Crippen LogP contribution in [0.3, 0.4) is 0 Å². The lowest BCUT2D eigenvalue weighted by Crippen LogP contribution is -2.14. The van der Waals surface area contributed by atoms with Crippen LogP contribution in [0.5, 0.6) is 0 Å². The van der Waals surface area contributed by atoms with Gasteiger partial charge in [-0.3, -0.25) is 4.98 Å². The Hall–Kier alpha value is -3.00. The first-order valence-electron chi connectivity index (χ1n) is 8.60. The van der Waals surface area contributed by atoms with Crippen LogP contribution in [0.25, 0.3) is 33.3 Å². The molecule has 0 bridgehead atoms. The molecule has 4 aromatic rings. The fourth-order valence-corrected chi connectivity index (χ4v) is 4.01. The van der Waals surface area contributed by atoms with Gasteiger partial charge in [0.25, 0.3) is 0 Å². The van der Waals surface area contributed by atoms with Gasteiger partial charge in [-0.05, 0) is 46.5 Å². The molecule has 0 fully saturated rings. The summed E-state index contributed by atoms with van der Waals surface area (Å²) in [5, 5.41) is 1.07. The number of pyridine rings is 2. The normalized spacial score (nSPS) is 14.3. The summed E-state index contributed by atoms with van der Waals surface area (Å²) >= 11 is 0. The summed E-state index contributed by atoms with van der Waals surface area (Å²) in [5.74, 6) is 0. The Bertz CT molecular complexity index is 1130. The van der Waals surface area contributed by atoms with Gasteiger partial charge in [0.1, 0.15) is 0 Å². The van der Waals surface area contributed by atoms with E-state index in [-0.39, 0.29) is 5.41 Å². The molecule has 0 amide bonds. The highest BCUT2D eigenvalue weighted by molar-refractivity contribution is 5.85. The smallest absolute Gasteiger partial charge is 0.0740 e. The summed E-state index contributed by atoms with van der Waals surface area (Å²) in [6.45, 7) is 4.61. The summed E-state index contributed by atoms with van der Waals surface area (Å²) in [4.78, 5) is 8.99. The Morgan fingerprint density at radius 2 is 1.64 bits per heavy atom. The minimum Gasteiger partial charge on any atom is -0.264 e. The first-order chi connectivity index (χ1) is 12.1. The zero-order chi connectivity index (χ0) is 17.0. The van der Waals surface area contributed by atoms with Crippen LogP contribution in [-0.2, 0) is 5.41 Å². The molecule has 120 valence electrons. The molecule has 0 saturated heterocycles. The van der Waals surface area contributed by atoms with E-state index < -0.39 is 0 Å². The van der Waals surface area contributed by atoms with Gasteiger partial charge >= 0.3 is 0 Å². The molecular weight excluding hydrogens is 304 g/mol. The van der Waals surface area contributed by atoms with E-state index >= 15 is 0 Å². The molecule has 0 aliphatic heterocycles. The lowest BCUT2D eigenvalue weighted by molar-refractivity contribution is 0.660. The molecule has 2 heteroatoms. The van der Waals surface area contributed by atoms with Gasteiger partial charge in [0.05, 0.1) is 11.2 Å². The monoisotopic (exact) mass is 322 g/mol. The molecule has 0 radical (unpaired) electrons. The second kappa shape index (κ2) is 5.00. The number of hydrogen-bond acceptors (Lipinski definition) is 2. The molecule has 0 N–H and O–H groups in total. The molecule has 5 rings (SSSR count). The van der Waals surface area contributed by atoms with Gasteiger partial charge in [-0.2, -0.15) is 0 Å². The van der Waals surface area contributed by atoms with Crippen LogP contribution in [0, 0.1) is 0 Å². The van der Waals surface area contributed by atoms with Crippen molar-refractivity contribution in [1.82, 2.24) is 9.97 Å². The van der Waals surface area contributed by atoms with Gasteiger partial charge in [0, 0.05) is 28.8 Å². The largest absolute Gasteiger partial charge is 0.264 e. The van der Waals surface area contributed by atoms with E-state index in [1.807, 2.05) is 12.3 Å². The van der Waals surface area contributed by atoms with Crippen LogP contribution in [0.1, 0.15) is 25.0 Å². The van der Waals surface area contributed by atoms with Gasteiger partial charge < -0.3 is 0 Å². The predicted octanol–water partition coefficient (Wildman–Crippen LogP) is 5.60. The van der Waals surface area contributed by atoms with Gasteiger partial charge in [0.15, 0.2) is 0 Å². The van der Waals surface area contributed by atoms with Crippen LogP contribution in [0.15, 0.2) is 73.1 Å². The molecule has 1 aliphatic rings. The zero-order valence-corrected chi connectivity index (χ0v) is 14.3. The summed E-state index contributed by atoms with van der Waals surface area (Å²) < 4.78 is 0. The summed E-state index contributed by atoms with van der Waals surface area (Å²) in [6.07, 6.45) is 3.65. The van der Waals surface area contributed by atoms with Gasteiger partial charge in [-0.25, -0.2) is 4.98 Å². The van der Waals surface area contributed by atoms with Gasteiger partial charge in [-0.1, -0.05) is 50.2 Å². The molecule has 2 aromatic carbocycles. The first kappa shape index (κ1) is 14.4. The Labute approximate surface area is 147 Å². The van der Waals surface area contributed by atoms with Crippen molar-refractivity contribution in [2.75, 3.05) is 0 Å². The number of hydrogen-bond donors (Lipinski definition) is 0. The molecule has 0 unspecified atom stereocenters. The van der Waals surface area contributed by atoms with E-state index in [9.17, 15) is 0 Å². The fraction of sp³-hybridized carbons (Fsp3) is 0.130. The highest BCUT2D eigenvalue weighted by Crippen LogP contribution is 2.49. The quantitative estimate of drug-likeness (QED) is 0.455. The Morgan fingerprint density at radius 3 is 2.56 bits per heavy atom. The van der Waals surface area contributed by atoms with E-state index in [1.165, 1.54) is 22.3 Å². The van der Waals surface area contributed by atoms with Crippen molar-refractivity contribution in [2.24, 2.45) is 0 Å². The Balaban J connectivity index is 1.71. The van der Waals surface area contributed by atoms with Crippen molar-refractivity contribution in [3.63, 3.8) is 0 Å². The molecule has 0 saturated carbocycles. The van der Waals surface area contributed by atoms with E-state index in [0.717, 1.165) is 22.2 Å². The van der Waals surface area contributed by atoms with E-state index in [0.29, 0.717) is 0 Å². The molecule has 2 aromatic heterocycles. The standard InChI is InChI=1S/C23H18N2/c1-23(2)19-6-4-3-5-17(19)18-13-15(7-9-20(18)23)21-10-8-16-14-24-12-11-22(16)25-21/h3-14H,1-2H3. The Morgan fingerprint density at radius 1 is 0.800 bits per heavy atom. The third-order valence-electron chi connectivity index (χ3n) is 5.37. The lowest BCUT2D eigenvalue weighted by atomic mass is 9.82. The second-order valence-electron chi connectivity index (χ2n) is 7.20. The fourth-order valence-electron chi connectivity index (χ4n) is 4.01. The molecule has 1 aliphatic carbocycles.